The molecule has 0 amide bonds. The second kappa shape index (κ2) is 10.3. The third kappa shape index (κ3) is 7.25. The Morgan fingerprint density at radius 1 is 0.840 bits per heavy atom. The van der Waals surface area contributed by atoms with Gasteiger partial charge in [-0.25, -0.2) is 13.5 Å². The van der Waals surface area contributed by atoms with Crippen molar-refractivity contribution in [3.8, 4) is 5.69 Å². The SMILES string of the molecule is Fc1ccc(-n2cccn2)cc1.Fc1ccc(I)cc1.c1cn[nH]c1. The van der Waals surface area contributed by atoms with E-state index in [4.69, 9.17) is 0 Å². The van der Waals surface area contributed by atoms with Crippen LogP contribution < -0.4 is 0 Å². The van der Waals surface area contributed by atoms with Crippen molar-refractivity contribution in [2.24, 2.45) is 0 Å². The Morgan fingerprint density at radius 2 is 1.48 bits per heavy atom. The first-order valence-electron chi connectivity index (χ1n) is 7.25. The van der Waals surface area contributed by atoms with Crippen molar-refractivity contribution in [1.82, 2.24) is 20.0 Å². The topological polar surface area (TPSA) is 46.5 Å². The number of hydrogen-bond donors (Lipinski definition) is 1. The summed E-state index contributed by atoms with van der Waals surface area (Å²) in [5.41, 5.74) is 0.862. The van der Waals surface area contributed by atoms with E-state index in [-0.39, 0.29) is 11.6 Å². The molecular weight excluding hydrogens is 437 g/mol. The molecule has 0 aliphatic rings. The molecular formula is C18H15F2IN4. The highest BCUT2D eigenvalue weighted by Gasteiger charge is 1.94. The van der Waals surface area contributed by atoms with Crippen molar-refractivity contribution in [2.75, 3.05) is 0 Å². The molecule has 0 bridgehead atoms. The molecule has 0 unspecified atom stereocenters. The smallest absolute Gasteiger partial charge is 0.123 e. The Kier molecular flexibility index (Phi) is 7.77. The summed E-state index contributed by atoms with van der Waals surface area (Å²) in [5.74, 6) is -0.406. The summed E-state index contributed by atoms with van der Waals surface area (Å²) in [7, 11) is 0. The van der Waals surface area contributed by atoms with Gasteiger partial charge in [-0.05, 0) is 83.3 Å². The van der Waals surface area contributed by atoms with E-state index in [1.54, 1.807) is 47.5 Å². The average molecular weight is 452 g/mol. The third-order valence-electron chi connectivity index (χ3n) is 2.81. The van der Waals surface area contributed by atoms with Gasteiger partial charge in [-0.3, -0.25) is 5.10 Å². The minimum Gasteiger partial charge on any atom is -0.286 e. The number of rotatable bonds is 1. The average Bonchev–Trinajstić information content (AvgIpc) is 3.35. The summed E-state index contributed by atoms with van der Waals surface area (Å²) in [6, 6.07) is 16.2. The molecule has 4 rings (SSSR count). The molecule has 1 N–H and O–H groups in total. The summed E-state index contributed by atoms with van der Waals surface area (Å²) >= 11 is 2.13. The van der Waals surface area contributed by atoms with E-state index in [2.05, 4.69) is 37.9 Å². The number of halogens is 3. The highest BCUT2D eigenvalue weighted by Crippen LogP contribution is 2.06. The number of H-pyrrole nitrogens is 1. The van der Waals surface area contributed by atoms with Gasteiger partial charge in [0.25, 0.3) is 0 Å². The fourth-order valence-electron chi connectivity index (χ4n) is 1.66. The van der Waals surface area contributed by atoms with Crippen molar-refractivity contribution < 1.29 is 8.78 Å². The van der Waals surface area contributed by atoms with Gasteiger partial charge in [0.1, 0.15) is 11.6 Å². The lowest BCUT2D eigenvalue weighted by molar-refractivity contribution is 0.626. The summed E-state index contributed by atoms with van der Waals surface area (Å²) in [4.78, 5) is 0. The Balaban J connectivity index is 0.000000149. The number of hydrogen-bond acceptors (Lipinski definition) is 2. The van der Waals surface area contributed by atoms with Crippen LogP contribution in [0.3, 0.4) is 0 Å². The van der Waals surface area contributed by atoms with Crippen LogP contribution in [0.5, 0.6) is 0 Å². The van der Waals surface area contributed by atoms with Gasteiger partial charge >= 0.3 is 0 Å². The molecule has 2 aromatic heterocycles. The van der Waals surface area contributed by atoms with E-state index >= 15 is 0 Å². The first-order valence-corrected chi connectivity index (χ1v) is 8.33. The van der Waals surface area contributed by atoms with Gasteiger partial charge in [0.05, 0.1) is 5.69 Å². The first-order chi connectivity index (χ1) is 12.1. The standard InChI is InChI=1S/C9H7FN2.C6H4FI.C3H4N2/c10-8-2-4-9(5-3-8)12-7-1-6-11-12;7-5-1-3-6(8)4-2-5;1-2-4-5-3-1/h1-7H;1-4H;1-3H,(H,4,5). The van der Waals surface area contributed by atoms with E-state index < -0.39 is 0 Å². The number of nitrogens with zero attached hydrogens (tertiary/aromatic N) is 3. The van der Waals surface area contributed by atoms with E-state index in [0.29, 0.717) is 0 Å². The van der Waals surface area contributed by atoms with Gasteiger partial charge < -0.3 is 0 Å². The quantitative estimate of drug-likeness (QED) is 0.420. The van der Waals surface area contributed by atoms with Crippen LogP contribution >= 0.6 is 22.6 Å². The van der Waals surface area contributed by atoms with Crippen molar-refractivity contribution in [2.45, 2.75) is 0 Å². The summed E-state index contributed by atoms with van der Waals surface area (Å²) in [5, 5.41) is 10.2. The molecule has 4 nitrogen and oxygen atoms in total. The molecule has 0 radical (unpaired) electrons. The number of aromatic nitrogens is 4. The fraction of sp³-hybridized carbons (Fsp3) is 0. The molecule has 0 spiro atoms. The van der Waals surface area contributed by atoms with Gasteiger partial charge in [0, 0.05) is 28.4 Å². The van der Waals surface area contributed by atoms with Crippen LogP contribution in [-0.2, 0) is 0 Å². The van der Waals surface area contributed by atoms with Crippen molar-refractivity contribution in [3.05, 3.63) is 101 Å². The molecule has 2 heterocycles. The molecule has 128 valence electrons. The van der Waals surface area contributed by atoms with Crippen LogP contribution in [0.15, 0.2) is 85.5 Å². The van der Waals surface area contributed by atoms with Crippen molar-refractivity contribution >= 4 is 22.6 Å². The van der Waals surface area contributed by atoms with Crippen LogP contribution in [0.2, 0.25) is 0 Å². The van der Waals surface area contributed by atoms with Crippen molar-refractivity contribution in [3.63, 3.8) is 0 Å². The predicted molar refractivity (Wildman–Crippen MR) is 101 cm³/mol. The van der Waals surface area contributed by atoms with Crippen LogP contribution in [-0.4, -0.2) is 20.0 Å². The maximum Gasteiger partial charge on any atom is 0.123 e. The molecule has 0 atom stereocenters. The maximum atomic E-state index is 12.5. The number of nitrogens with one attached hydrogen (secondary N) is 1. The molecule has 4 aromatic rings. The lowest BCUT2D eigenvalue weighted by Gasteiger charge is -1.98. The van der Waals surface area contributed by atoms with Crippen LogP contribution in [0.1, 0.15) is 0 Å². The monoisotopic (exact) mass is 452 g/mol. The summed E-state index contributed by atoms with van der Waals surface area (Å²) in [6.07, 6.45) is 6.95. The second-order valence-corrected chi connectivity index (χ2v) is 5.88. The fourth-order valence-corrected chi connectivity index (χ4v) is 2.02. The van der Waals surface area contributed by atoms with Crippen LogP contribution in [0.4, 0.5) is 8.78 Å². The number of benzene rings is 2. The van der Waals surface area contributed by atoms with E-state index in [0.717, 1.165) is 9.26 Å². The van der Waals surface area contributed by atoms with Gasteiger partial charge in [0.15, 0.2) is 0 Å². The van der Waals surface area contributed by atoms with Crippen LogP contribution in [0.25, 0.3) is 5.69 Å². The van der Waals surface area contributed by atoms with Crippen molar-refractivity contribution in [1.29, 1.82) is 0 Å². The van der Waals surface area contributed by atoms with Crippen LogP contribution in [0, 0.1) is 15.2 Å². The zero-order valence-electron chi connectivity index (χ0n) is 13.1. The predicted octanol–water partition coefficient (Wildman–Crippen LogP) is 4.85. The van der Waals surface area contributed by atoms with Gasteiger partial charge in [-0.2, -0.15) is 10.2 Å². The Hall–Kier alpha value is -2.55. The molecule has 0 aliphatic heterocycles. The first kappa shape index (κ1) is 18.8. The Morgan fingerprint density at radius 3 is 1.88 bits per heavy atom. The molecule has 0 saturated carbocycles. The second-order valence-electron chi connectivity index (χ2n) is 4.63. The van der Waals surface area contributed by atoms with Gasteiger partial charge in [-0.15, -0.1) is 0 Å². The summed E-state index contributed by atoms with van der Waals surface area (Å²) < 4.78 is 27.3. The van der Waals surface area contributed by atoms with E-state index in [9.17, 15) is 8.78 Å². The van der Waals surface area contributed by atoms with Gasteiger partial charge in [-0.1, -0.05) is 0 Å². The highest BCUT2D eigenvalue weighted by atomic mass is 127. The molecule has 25 heavy (non-hydrogen) atoms. The zero-order valence-corrected chi connectivity index (χ0v) is 15.2. The molecule has 2 aromatic carbocycles. The lowest BCUT2D eigenvalue weighted by Crippen LogP contribution is -1.93. The Labute approximate surface area is 157 Å². The Bertz CT molecular complexity index is 776. The van der Waals surface area contributed by atoms with E-state index in [1.165, 1.54) is 24.3 Å². The van der Waals surface area contributed by atoms with Gasteiger partial charge in [0.2, 0.25) is 0 Å². The largest absolute Gasteiger partial charge is 0.286 e. The maximum absolute atomic E-state index is 12.5. The minimum atomic E-state index is -0.231. The van der Waals surface area contributed by atoms with E-state index in [1.807, 2.05) is 18.3 Å². The number of aromatic amines is 1. The molecule has 0 saturated heterocycles. The molecule has 0 aliphatic carbocycles. The summed E-state index contributed by atoms with van der Waals surface area (Å²) in [6.45, 7) is 0. The minimum absolute atomic E-state index is 0.176. The third-order valence-corrected chi connectivity index (χ3v) is 3.52. The molecule has 0 fully saturated rings. The normalized spacial score (nSPS) is 9.40. The lowest BCUT2D eigenvalue weighted by atomic mass is 10.3. The highest BCUT2D eigenvalue weighted by molar-refractivity contribution is 14.1. The zero-order chi connectivity index (χ0) is 17.9. The molecule has 7 heteroatoms.